The fourth-order valence-electron chi connectivity index (χ4n) is 3.11. The average Bonchev–Trinajstić information content (AvgIpc) is 2.80. The first kappa shape index (κ1) is 11.7. The molecule has 16 heavy (non-hydrogen) atoms. The fourth-order valence-corrected chi connectivity index (χ4v) is 3.11. The summed E-state index contributed by atoms with van der Waals surface area (Å²) in [5, 5.41) is 3.71. The molecule has 1 heterocycles. The fraction of sp³-hybridized carbons (Fsp3) is 0.600. The van der Waals surface area contributed by atoms with Crippen molar-refractivity contribution in [2.75, 3.05) is 6.54 Å². The van der Waals surface area contributed by atoms with E-state index in [0.29, 0.717) is 12.0 Å². The maximum atomic E-state index is 3.71. The Bertz CT molecular complexity index is 306. The van der Waals surface area contributed by atoms with Gasteiger partial charge in [0.2, 0.25) is 0 Å². The molecule has 0 amide bonds. The number of benzene rings is 1. The van der Waals surface area contributed by atoms with E-state index in [1.807, 2.05) is 0 Å². The third-order valence-corrected chi connectivity index (χ3v) is 4.03. The molecule has 0 spiro atoms. The van der Waals surface area contributed by atoms with Crippen LogP contribution in [0.2, 0.25) is 0 Å². The zero-order chi connectivity index (χ0) is 11.4. The third kappa shape index (κ3) is 2.30. The molecule has 1 nitrogen and oxygen atoms in total. The van der Waals surface area contributed by atoms with Crippen LogP contribution in [0, 0.1) is 5.92 Å². The third-order valence-electron chi connectivity index (χ3n) is 4.03. The first-order chi connectivity index (χ1) is 7.86. The van der Waals surface area contributed by atoms with Gasteiger partial charge in [-0.05, 0) is 36.8 Å². The second-order valence-electron chi connectivity index (χ2n) is 4.86. The summed E-state index contributed by atoms with van der Waals surface area (Å²) >= 11 is 0. The summed E-state index contributed by atoms with van der Waals surface area (Å²) in [6.45, 7) is 5.83. The quantitative estimate of drug-likeness (QED) is 0.813. The predicted octanol–water partition coefficient (Wildman–Crippen LogP) is 3.57. The van der Waals surface area contributed by atoms with Gasteiger partial charge >= 0.3 is 0 Å². The van der Waals surface area contributed by atoms with Crippen molar-refractivity contribution in [2.24, 2.45) is 5.92 Å². The molecule has 1 aromatic carbocycles. The van der Waals surface area contributed by atoms with Crippen molar-refractivity contribution >= 4 is 0 Å². The van der Waals surface area contributed by atoms with Crippen molar-refractivity contribution in [3.63, 3.8) is 0 Å². The Hall–Kier alpha value is -0.820. The van der Waals surface area contributed by atoms with E-state index in [1.54, 1.807) is 0 Å². The van der Waals surface area contributed by atoms with Crippen LogP contribution in [-0.4, -0.2) is 12.6 Å². The van der Waals surface area contributed by atoms with Crippen molar-refractivity contribution in [3.05, 3.63) is 35.9 Å². The second-order valence-corrected chi connectivity index (χ2v) is 4.86. The minimum atomic E-state index is 0.689. The maximum absolute atomic E-state index is 3.71. The van der Waals surface area contributed by atoms with Gasteiger partial charge in [0.15, 0.2) is 0 Å². The molecule has 0 bridgehead atoms. The molecule has 1 fully saturated rings. The molecule has 0 saturated carbocycles. The molecule has 1 N–H and O–H groups in total. The lowest BCUT2D eigenvalue weighted by Gasteiger charge is -2.28. The molecular weight excluding hydrogens is 194 g/mol. The number of hydrogen-bond acceptors (Lipinski definition) is 1. The zero-order valence-electron chi connectivity index (χ0n) is 10.4. The van der Waals surface area contributed by atoms with E-state index in [2.05, 4.69) is 49.5 Å². The lowest BCUT2D eigenvalue weighted by molar-refractivity contribution is 0.367. The molecule has 3 atom stereocenters. The molecule has 0 unspecified atom stereocenters. The van der Waals surface area contributed by atoms with Crippen LogP contribution in [0.1, 0.15) is 44.6 Å². The first-order valence-corrected chi connectivity index (χ1v) is 6.65. The molecule has 88 valence electrons. The van der Waals surface area contributed by atoms with Gasteiger partial charge in [-0.1, -0.05) is 50.6 Å². The highest BCUT2D eigenvalue weighted by molar-refractivity contribution is 5.22. The van der Waals surface area contributed by atoms with Crippen molar-refractivity contribution in [1.29, 1.82) is 0 Å². The summed E-state index contributed by atoms with van der Waals surface area (Å²) in [4.78, 5) is 0. The predicted molar refractivity (Wildman–Crippen MR) is 69.7 cm³/mol. The van der Waals surface area contributed by atoms with E-state index in [9.17, 15) is 0 Å². The van der Waals surface area contributed by atoms with Gasteiger partial charge in [0.25, 0.3) is 0 Å². The highest BCUT2D eigenvalue weighted by atomic mass is 15.0. The largest absolute Gasteiger partial charge is 0.313 e. The summed E-state index contributed by atoms with van der Waals surface area (Å²) in [6, 6.07) is 11.7. The minimum absolute atomic E-state index is 0.689. The summed E-state index contributed by atoms with van der Waals surface area (Å²) < 4.78 is 0. The highest BCUT2D eigenvalue weighted by Gasteiger charge is 2.31. The highest BCUT2D eigenvalue weighted by Crippen LogP contribution is 2.33. The van der Waals surface area contributed by atoms with Crippen LogP contribution in [0.5, 0.6) is 0 Å². The van der Waals surface area contributed by atoms with Crippen LogP contribution in [0.25, 0.3) is 0 Å². The van der Waals surface area contributed by atoms with Gasteiger partial charge in [0.05, 0.1) is 0 Å². The zero-order valence-corrected chi connectivity index (χ0v) is 10.4. The van der Waals surface area contributed by atoms with Crippen LogP contribution in [-0.2, 0) is 0 Å². The Morgan fingerprint density at radius 3 is 2.62 bits per heavy atom. The van der Waals surface area contributed by atoms with Crippen molar-refractivity contribution in [3.8, 4) is 0 Å². The van der Waals surface area contributed by atoms with Gasteiger partial charge in [0, 0.05) is 6.04 Å². The van der Waals surface area contributed by atoms with Crippen molar-refractivity contribution < 1.29 is 0 Å². The monoisotopic (exact) mass is 217 g/mol. The summed E-state index contributed by atoms with van der Waals surface area (Å²) in [5.74, 6) is 1.55. The molecule has 1 aliphatic rings. The molecule has 0 radical (unpaired) electrons. The van der Waals surface area contributed by atoms with Crippen LogP contribution in [0.3, 0.4) is 0 Å². The first-order valence-electron chi connectivity index (χ1n) is 6.65. The molecule has 1 aliphatic heterocycles. The Kier molecular flexibility index (Phi) is 4.00. The summed E-state index contributed by atoms with van der Waals surface area (Å²) in [5.41, 5.74) is 1.50. The van der Waals surface area contributed by atoms with Gasteiger partial charge in [-0.3, -0.25) is 0 Å². The minimum Gasteiger partial charge on any atom is -0.313 e. The normalized spacial score (nSPS) is 26.9. The van der Waals surface area contributed by atoms with Crippen molar-refractivity contribution in [1.82, 2.24) is 5.32 Å². The van der Waals surface area contributed by atoms with Gasteiger partial charge in [0.1, 0.15) is 0 Å². The standard InChI is InChI=1S/C15H23N/c1-3-12-10-11-16-15(12)14(4-2)13-8-6-5-7-9-13/h5-9,12,14-16H,3-4,10-11H2,1-2H3/t12-,14-,15-/m0/s1. The van der Waals surface area contributed by atoms with Crippen molar-refractivity contribution in [2.45, 2.75) is 45.1 Å². The van der Waals surface area contributed by atoms with E-state index in [4.69, 9.17) is 0 Å². The SMILES string of the molecule is CC[C@H]1CCN[C@@H]1[C@@H](CC)c1ccccc1. The van der Waals surface area contributed by atoms with Crippen LogP contribution < -0.4 is 5.32 Å². The molecular formula is C15H23N. The van der Waals surface area contributed by atoms with E-state index < -0.39 is 0 Å². The average molecular weight is 217 g/mol. The Morgan fingerprint density at radius 2 is 2.00 bits per heavy atom. The number of rotatable bonds is 4. The molecule has 1 saturated heterocycles. The van der Waals surface area contributed by atoms with Gasteiger partial charge in [-0.2, -0.15) is 0 Å². The van der Waals surface area contributed by atoms with Gasteiger partial charge in [-0.15, -0.1) is 0 Å². The molecule has 1 aromatic rings. The van der Waals surface area contributed by atoms with Gasteiger partial charge < -0.3 is 5.32 Å². The summed E-state index contributed by atoms with van der Waals surface area (Å²) in [6.07, 6.45) is 3.89. The topological polar surface area (TPSA) is 12.0 Å². The molecule has 0 aromatic heterocycles. The Labute approximate surface area is 99.3 Å². The second kappa shape index (κ2) is 5.49. The Balaban J connectivity index is 2.16. The van der Waals surface area contributed by atoms with E-state index in [-0.39, 0.29) is 0 Å². The number of nitrogens with one attached hydrogen (secondary N) is 1. The van der Waals surface area contributed by atoms with E-state index in [0.717, 1.165) is 5.92 Å². The van der Waals surface area contributed by atoms with Gasteiger partial charge in [-0.25, -0.2) is 0 Å². The molecule has 0 aliphatic carbocycles. The smallest absolute Gasteiger partial charge is 0.0164 e. The van der Waals surface area contributed by atoms with E-state index >= 15 is 0 Å². The molecule has 1 heteroatoms. The lowest BCUT2D eigenvalue weighted by atomic mass is 9.82. The van der Waals surface area contributed by atoms with Crippen LogP contribution in [0.15, 0.2) is 30.3 Å². The van der Waals surface area contributed by atoms with Crippen LogP contribution >= 0.6 is 0 Å². The molecule has 2 rings (SSSR count). The lowest BCUT2D eigenvalue weighted by Crippen LogP contribution is -2.33. The number of hydrogen-bond donors (Lipinski definition) is 1. The van der Waals surface area contributed by atoms with E-state index in [1.165, 1.54) is 31.4 Å². The Morgan fingerprint density at radius 1 is 1.25 bits per heavy atom. The maximum Gasteiger partial charge on any atom is 0.0164 e. The summed E-state index contributed by atoms with van der Waals surface area (Å²) in [7, 11) is 0. The van der Waals surface area contributed by atoms with Crippen LogP contribution in [0.4, 0.5) is 0 Å².